The summed E-state index contributed by atoms with van der Waals surface area (Å²) in [5.74, 6) is 0.334. The zero-order valence-corrected chi connectivity index (χ0v) is 32.1. The number of hydrogen-bond donors (Lipinski definition) is 6. The number of carbonyl (C=O) groups is 5. The maximum Gasteiger partial charge on any atom is 0.273 e. The summed E-state index contributed by atoms with van der Waals surface area (Å²) in [5, 5.41) is 16.6. The molecule has 19 heteroatoms. The van der Waals surface area contributed by atoms with Crippen LogP contribution in [0.25, 0.3) is 0 Å². The molecule has 3 aromatic heterocycles. The first-order valence-corrected chi connectivity index (χ1v) is 17.6. The maximum absolute atomic E-state index is 13.3. The van der Waals surface area contributed by atoms with Crippen LogP contribution in [0.5, 0.6) is 11.5 Å². The fourth-order valence-corrected chi connectivity index (χ4v) is 6.45. The summed E-state index contributed by atoms with van der Waals surface area (Å²) in [6.07, 6.45) is 3.91. The number of nitrogens with one attached hydrogen (secondary N) is 4. The first-order chi connectivity index (χ1) is 26.4. The summed E-state index contributed by atoms with van der Waals surface area (Å²) < 4.78 is 16.0. The van der Waals surface area contributed by atoms with Gasteiger partial charge in [0.2, 0.25) is 11.7 Å². The van der Waals surface area contributed by atoms with Crippen molar-refractivity contribution in [1.82, 2.24) is 23.9 Å². The van der Waals surface area contributed by atoms with Crippen LogP contribution in [0, 0.1) is 0 Å². The number of ether oxygens (including phenoxy) is 2. The van der Waals surface area contributed by atoms with Crippen LogP contribution in [0.2, 0.25) is 0 Å². The predicted octanol–water partition coefficient (Wildman–Crippen LogP) is -1.82. The molecule has 8 N–H and O–H groups in total. The van der Waals surface area contributed by atoms with Gasteiger partial charge in [-0.25, -0.2) is 0 Å². The second kappa shape index (κ2) is 17.3. The van der Waals surface area contributed by atoms with Gasteiger partial charge in [0.05, 0.1) is 43.9 Å². The normalized spacial score (nSPS) is 14.2. The molecule has 0 bridgehead atoms. The van der Waals surface area contributed by atoms with E-state index in [1.54, 1.807) is 80.5 Å². The number of methoxy groups -OCH3 is 1. The highest BCUT2D eigenvalue weighted by molar-refractivity contribution is 6.07. The molecular weight excluding hydrogens is 746 g/mol. The fourth-order valence-electron chi connectivity index (χ4n) is 6.45. The van der Waals surface area contributed by atoms with Crippen molar-refractivity contribution in [3.05, 3.63) is 71.2 Å². The molecule has 0 spiro atoms. The van der Waals surface area contributed by atoms with Crippen LogP contribution in [0.4, 0.5) is 23.1 Å². The van der Waals surface area contributed by atoms with Crippen molar-refractivity contribution in [2.45, 2.75) is 31.7 Å². The molecule has 4 aromatic rings. The standard InChI is InChI=1S/C37H43N11O7.ClH/c1-45-24(34(50)40-15-13-29(38)39)7-11-31(45)43-36(52)26-9-12-32(47(26)3)44-35(51)25-8-10-30(46(25)2)42-33(49)14-17-55-28-19-23-22(18-27(28)54-4)37(53)48-16-5-6-21(48)20-41-23;/h7-12,18-21H,5-6,13-17H2,1-4H3,(H3,38,39)(H,40,50)(H,42,49)(H,43,52)(H,44,51);1H/t21-;/m0./s1. The summed E-state index contributed by atoms with van der Waals surface area (Å²) in [5.41, 5.74) is 7.21. The lowest BCUT2D eigenvalue weighted by molar-refractivity contribution is -0.118. The number of nitrogens with two attached hydrogens (primary N) is 2. The Morgan fingerprint density at radius 1 is 0.839 bits per heavy atom. The van der Waals surface area contributed by atoms with Crippen LogP contribution in [-0.4, -0.2) is 93.0 Å². The van der Waals surface area contributed by atoms with Gasteiger partial charge in [-0.15, -0.1) is 0 Å². The van der Waals surface area contributed by atoms with E-state index in [0.29, 0.717) is 58.9 Å². The number of amides is 5. The highest BCUT2D eigenvalue weighted by Gasteiger charge is 2.32. The average Bonchev–Trinajstić information content (AvgIpc) is 3.93. The van der Waals surface area contributed by atoms with Crippen LogP contribution in [0.15, 0.2) is 53.5 Å². The Balaban J connectivity index is 0.00000600. The van der Waals surface area contributed by atoms with Gasteiger partial charge in [-0.1, -0.05) is 0 Å². The summed E-state index contributed by atoms with van der Waals surface area (Å²) in [4.78, 5) is 71.4. The molecule has 0 aliphatic carbocycles. The first kappa shape index (κ1) is 40.6. The molecule has 6 rings (SSSR count). The number of nitrogens with zero attached hydrogens (tertiary/aromatic N) is 5. The molecule has 5 amide bonds. The van der Waals surface area contributed by atoms with E-state index in [1.165, 1.54) is 16.2 Å². The van der Waals surface area contributed by atoms with Crippen molar-refractivity contribution in [2.75, 3.05) is 42.8 Å². The number of aromatic nitrogens is 3. The number of halogens is 1. The molecule has 5 heterocycles. The van der Waals surface area contributed by atoms with E-state index in [-0.39, 0.29) is 73.0 Å². The lowest BCUT2D eigenvalue weighted by atomic mass is 10.1. The van der Waals surface area contributed by atoms with Gasteiger partial charge in [0.25, 0.3) is 23.6 Å². The fraction of sp³-hybridized carbons (Fsp3) is 0.324. The minimum Gasteiger partial charge on any atom is -1.00 e. The maximum atomic E-state index is 13.3. The van der Waals surface area contributed by atoms with E-state index in [2.05, 4.69) is 26.3 Å². The Bertz CT molecular complexity index is 2220. The third-order valence-electron chi connectivity index (χ3n) is 9.56. The van der Waals surface area contributed by atoms with Gasteiger partial charge in [-0.2, -0.15) is 0 Å². The Morgan fingerprint density at radius 2 is 1.41 bits per heavy atom. The van der Waals surface area contributed by atoms with Gasteiger partial charge >= 0.3 is 0 Å². The van der Waals surface area contributed by atoms with Crippen molar-refractivity contribution in [3.63, 3.8) is 0 Å². The number of rotatable bonds is 14. The third kappa shape index (κ3) is 8.54. The number of fused-ring (bicyclic) bond motifs is 2. The van der Waals surface area contributed by atoms with E-state index < -0.39 is 11.8 Å². The molecule has 296 valence electrons. The van der Waals surface area contributed by atoms with Crippen molar-refractivity contribution in [3.8, 4) is 11.5 Å². The predicted molar refractivity (Wildman–Crippen MR) is 204 cm³/mol. The van der Waals surface area contributed by atoms with Gasteiger partial charge in [-0.3, -0.25) is 40.1 Å². The Labute approximate surface area is 328 Å². The number of benzene rings is 1. The van der Waals surface area contributed by atoms with Crippen LogP contribution in [-0.2, 0) is 25.9 Å². The molecule has 18 nitrogen and oxygen atoms in total. The molecule has 0 radical (unpaired) electrons. The summed E-state index contributed by atoms with van der Waals surface area (Å²) in [6.45, 7) is 0.968. The Hall–Kier alpha value is -6.56. The third-order valence-corrected chi connectivity index (χ3v) is 9.56. The molecule has 0 unspecified atom stereocenters. The second-order valence-corrected chi connectivity index (χ2v) is 13.1. The van der Waals surface area contributed by atoms with Crippen molar-refractivity contribution < 1.29 is 51.3 Å². The lowest BCUT2D eigenvalue weighted by Crippen LogP contribution is -3.00. The zero-order valence-electron chi connectivity index (χ0n) is 31.3. The lowest BCUT2D eigenvalue weighted by Gasteiger charge is -2.20. The molecule has 2 aliphatic rings. The van der Waals surface area contributed by atoms with Gasteiger partial charge in [0, 0.05) is 46.5 Å². The molecule has 1 saturated heterocycles. The summed E-state index contributed by atoms with van der Waals surface area (Å²) >= 11 is 0. The topological polar surface area (TPSA) is 234 Å². The van der Waals surface area contributed by atoms with Crippen LogP contribution in [0.3, 0.4) is 0 Å². The highest BCUT2D eigenvalue weighted by atomic mass is 35.5. The van der Waals surface area contributed by atoms with Gasteiger partial charge in [0.15, 0.2) is 11.5 Å². The summed E-state index contributed by atoms with van der Waals surface area (Å²) in [7, 11) is 6.39. The minimum atomic E-state index is -0.469. The van der Waals surface area contributed by atoms with Crippen molar-refractivity contribution in [1.29, 1.82) is 0 Å². The summed E-state index contributed by atoms with van der Waals surface area (Å²) in [6, 6.07) is 12.8. The first-order valence-electron chi connectivity index (χ1n) is 17.6. The quantitative estimate of drug-likeness (QED) is 0.0628. The van der Waals surface area contributed by atoms with E-state index in [9.17, 15) is 24.0 Å². The number of anilines is 3. The molecule has 56 heavy (non-hydrogen) atoms. The van der Waals surface area contributed by atoms with E-state index in [4.69, 9.17) is 20.6 Å². The average molecular weight is 790 g/mol. The molecular formula is C37H44ClN11O7. The number of amidine groups is 1. The minimum absolute atomic E-state index is 0. The van der Waals surface area contributed by atoms with Crippen LogP contribution >= 0.6 is 0 Å². The van der Waals surface area contributed by atoms with Gasteiger partial charge in [0.1, 0.15) is 34.5 Å². The molecule has 1 fully saturated rings. The number of hydrogen-bond acceptors (Lipinski definition) is 8. The number of aliphatic imine (C=N–C) groups is 1. The smallest absolute Gasteiger partial charge is 0.273 e. The Kier molecular flexibility index (Phi) is 12.5. The van der Waals surface area contributed by atoms with Crippen LogP contribution in [0.1, 0.15) is 67.5 Å². The molecule has 2 aliphatic heterocycles. The Morgan fingerprint density at radius 3 is 1.98 bits per heavy atom. The van der Waals surface area contributed by atoms with Gasteiger partial charge in [-0.05, 0) is 55.3 Å². The van der Waals surface area contributed by atoms with Crippen molar-refractivity contribution in [2.24, 2.45) is 31.9 Å². The largest absolute Gasteiger partial charge is 1.00 e. The van der Waals surface area contributed by atoms with Crippen molar-refractivity contribution >= 4 is 64.7 Å². The van der Waals surface area contributed by atoms with E-state index in [1.807, 2.05) is 4.90 Å². The monoisotopic (exact) mass is 789 g/mol. The van der Waals surface area contributed by atoms with Crippen LogP contribution < -0.4 is 54.3 Å². The SMILES string of the molecule is COc1cc2c(cc1OCCC(=O)Nc1ccc(C(=O)Nc3ccc(C(=O)Nc4ccc(C(=O)NCCC(N)=[NH2+])n4C)n3C)n1C)N=C[C@@H]1CCCN1C2=O.[Cl-]. The second-order valence-electron chi connectivity index (χ2n) is 13.1. The zero-order chi connectivity index (χ0) is 39.4. The molecule has 1 atom stereocenters. The molecule has 1 aromatic carbocycles. The molecule has 0 saturated carbocycles. The highest BCUT2D eigenvalue weighted by Crippen LogP contribution is 2.38. The van der Waals surface area contributed by atoms with Gasteiger partial charge < -0.3 is 61.7 Å². The van der Waals surface area contributed by atoms with E-state index >= 15 is 0 Å². The van der Waals surface area contributed by atoms with E-state index in [0.717, 1.165) is 12.8 Å². The number of carbonyl (C=O) groups excluding carboxylic acids is 5.